The highest BCUT2D eigenvalue weighted by Gasteiger charge is 2.23. The van der Waals surface area contributed by atoms with Crippen LogP contribution in [0.15, 0.2) is 18.2 Å². The van der Waals surface area contributed by atoms with Crippen molar-refractivity contribution < 1.29 is 26.8 Å². The summed E-state index contributed by atoms with van der Waals surface area (Å²) in [4.78, 5) is 22.0. The van der Waals surface area contributed by atoms with Gasteiger partial charge in [0.2, 0.25) is 5.88 Å². The molecule has 0 bridgehead atoms. The van der Waals surface area contributed by atoms with Crippen molar-refractivity contribution in [3.05, 3.63) is 23.4 Å². The molecule has 2 rings (SSSR count). The predicted molar refractivity (Wildman–Crippen MR) is 99.4 cm³/mol. The number of pyridine rings is 1. The molecule has 6 nitrogen and oxygen atoms in total. The summed E-state index contributed by atoms with van der Waals surface area (Å²) in [6.07, 6.45) is 2.02. The molecule has 0 spiro atoms. The number of carbonyl (C=O) groups is 1. The number of urea groups is 1. The predicted octanol–water partition coefficient (Wildman–Crippen LogP) is -1.44. The highest BCUT2D eigenvalue weighted by atomic mass is 35.5. The number of ether oxygens (including phenoxy) is 1. The van der Waals surface area contributed by atoms with Gasteiger partial charge < -0.3 is 31.8 Å². The Balaban J connectivity index is 0.00000338. The van der Waals surface area contributed by atoms with Gasteiger partial charge in [-0.05, 0) is 19.9 Å². The van der Waals surface area contributed by atoms with Gasteiger partial charge in [0.1, 0.15) is 5.15 Å². The minimum Gasteiger partial charge on any atom is -1.00 e. The van der Waals surface area contributed by atoms with Crippen molar-refractivity contribution >= 4 is 17.6 Å². The van der Waals surface area contributed by atoms with Gasteiger partial charge in [-0.3, -0.25) is 0 Å². The van der Waals surface area contributed by atoms with E-state index in [1.165, 1.54) is 4.90 Å². The van der Waals surface area contributed by atoms with Crippen LogP contribution in [0.2, 0.25) is 5.15 Å². The van der Waals surface area contributed by atoms with Crippen molar-refractivity contribution in [2.75, 3.05) is 52.4 Å². The molecule has 1 aliphatic heterocycles. The Morgan fingerprint density at radius 1 is 1.31 bits per heavy atom. The monoisotopic (exact) mass is 404 g/mol. The fourth-order valence-electron chi connectivity index (χ4n) is 3.15. The van der Waals surface area contributed by atoms with Crippen LogP contribution in [0.25, 0.3) is 0 Å². The molecule has 1 fully saturated rings. The maximum absolute atomic E-state index is 12.5. The summed E-state index contributed by atoms with van der Waals surface area (Å²) in [5.74, 6) is 0.578. The fraction of sp³-hybridized carbons (Fsp3) is 0.667. The topological polar surface area (TPSA) is 50.1 Å². The first-order valence-corrected chi connectivity index (χ1v) is 9.64. The summed E-state index contributed by atoms with van der Waals surface area (Å²) in [5.41, 5.74) is 0. The largest absolute Gasteiger partial charge is 1.00 e. The maximum Gasteiger partial charge on any atom is 0.320 e. The van der Waals surface area contributed by atoms with Crippen LogP contribution in [-0.2, 0) is 0 Å². The standard InChI is InChI=1S/C18H29ClN4O2.ClH/c1-3-22(4-2)18(24)23-12-6-10-21(13-14-23)11-7-15-25-17-9-5-8-16(19)20-17;/h5,8-9H,3-4,6-7,10-15H2,1-2H3;1H. The molecular formula is C18H30Cl2N4O2. The van der Waals surface area contributed by atoms with E-state index in [-0.39, 0.29) is 18.4 Å². The molecule has 0 aliphatic carbocycles. The lowest BCUT2D eigenvalue weighted by atomic mass is 10.3. The van der Waals surface area contributed by atoms with Gasteiger partial charge in [-0.2, -0.15) is 0 Å². The number of hydrogen-bond acceptors (Lipinski definition) is 3. The molecule has 1 aliphatic rings. The summed E-state index contributed by atoms with van der Waals surface area (Å²) < 4.78 is 5.65. The number of aromatic nitrogens is 1. The van der Waals surface area contributed by atoms with Gasteiger partial charge in [-0.15, -0.1) is 0 Å². The molecule has 1 unspecified atom stereocenters. The van der Waals surface area contributed by atoms with Crippen molar-refractivity contribution in [2.45, 2.75) is 26.7 Å². The zero-order valence-corrected chi connectivity index (χ0v) is 17.2. The molecule has 2 amide bonds. The van der Waals surface area contributed by atoms with Gasteiger partial charge in [0.25, 0.3) is 0 Å². The normalized spacial score (nSPS) is 17.2. The molecule has 1 atom stereocenters. The lowest BCUT2D eigenvalue weighted by Crippen LogP contribution is -3.12. The minimum atomic E-state index is 0. The van der Waals surface area contributed by atoms with Crippen LogP contribution in [-0.4, -0.2) is 73.2 Å². The SMILES string of the molecule is CCN(CC)C(=O)N1CCC[NH+](CCCOc2cccc(Cl)n2)CC1.[Cl-]. The van der Waals surface area contributed by atoms with E-state index in [9.17, 15) is 4.79 Å². The van der Waals surface area contributed by atoms with Crippen LogP contribution in [0.5, 0.6) is 5.88 Å². The van der Waals surface area contributed by atoms with Crippen LogP contribution in [0.4, 0.5) is 4.79 Å². The minimum absolute atomic E-state index is 0. The molecule has 1 aromatic rings. The summed E-state index contributed by atoms with van der Waals surface area (Å²) in [5, 5.41) is 0.452. The molecular weight excluding hydrogens is 375 g/mol. The van der Waals surface area contributed by atoms with Crippen LogP contribution in [0.1, 0.15) is 26.7 Å². The number of nitrogens with one attached hydrogen (secondary N) is 1. The van der Waals surface area contributed by atoms with Crippen molar-refractivity contribution in [1.29, 1.82) is 0 Å². The molecule has 0 radical (unpaired) electrons. The number of amides is 2. The molecule has 0 saturated carbocycles. The fourth-order valence-corrected chi connectivity index (χ4v) is 3.31. The van der Waals surface area contributed by atoms with Crippen molar-refractivity contribution in [3.63, 3.8) is 0 Å². The number of halogens is 2. The molecule has 0 aromatic carbocycles. The Kier molecular flexibility index (Phi) is 10.7. The average Bonchev–Trinajstić information content (AvgIpc) is 2.85. The zero-order valence-electron chi connectivity index (χ0n) is 15.7. The van der Waals surface area contributed by atoms with Crippen LogP contribution >= 0.6 is 11.6 Å². The second-order valence-corrected chi connectivity index (χ2v) is 6.68. The highest BCUT2D eigenvalue weighted by molar-refractivity contribution is 6.29. The zero-order chi connectivity index (χ0) is 18.1. The lowest BCUT2D eigenvalue weighted by molar-refractivity contribution is -0.898. The smallest absolute Gasteiger partial charge is 0.320 e. The van der Waals surface area contributed by atoms with E-state index in [4.69, 9.17) is 16.3 Å². The van der Waals surface area contributed by atoms with E-state index in [2.05, 4.69) is 4.98 Å². The number of rotatable bonds is 7. The molecule has 1 aromatic heterocycles. The molecule has 1 N–H and O–H groups in total. The highest BCUT2D eigenvalue weighted by Crippen LogP contribution is 2.11. The Morgan fingerprint density at radius 3 is 2.77 bits per heavy atom. The number of carbonyl (C=O) groups excluding carboxylic acids is 1. The first-order chi connectivity index (χ1) is 12.1. The second kappa shape index (κ2) is 12.2. The van der Waals surface area contributed by atoms with Gasteiger partial charge in [0, 0.05) is 38.5 Å². The Bertz CT molecular complexity index is 544. The van der Waals surface area contributed by atoms with Gasteiger partial charge in [-0.25, -0.2) is 9.78 Å². The maximum atomic E-state index is 12.5. The second-order valence-electron chi connectivity index (χ2n) is 6.30. The van der Waals surface area contributed by atoms with E-state index in [1.54, 1.807) is 6.07 Å². The quantitative estimate of drug-likeness (QED) is 0.447. The van der Waals surface area contributed by atoms with Crippen molar-refractivity contribution in [3.8, 4) is 5.88 Å². The summed E-state index contributed by atoms with van der Waals surface area (Å²) >= 11 is 5.85. The molecule has 26 heavy (non-hydrogen) atoms. The van der Waals surface area contributed by atoms with E-state index < -0.39 is 0 Å². The molecule has 148 valence electrons. The average molecular weight is 405 g/mol. The third-order valence-corrected chi connectivity index (χ3v) is 4.82. The molecule has 2 heterocycles. The Morgan fingerprint density at radius 2 is 2.08 bits per heavy atom. The molecule has 1 saturated heterocycles. The third-order valence-electron chi connectivity index (χ3n) is 4.61. The Labute approximate surface area is 167 Å². The van der Waals surface area contributed by atoms with E-state index in [0.29, 0.717) is 17.6 Å². The summed E-state index contributed by atoms with van der Waals surface area (Å²) in [7, 11) is 0. The van der Waals surface area contributed by atoms with Gasteiger partial charge in [-0.1, -0.05) is 17.7 Å². The van der Waals surface area contributed by atoms with E-state index in [0.717, 1.165) is 58.7 Å². The van der Waals surface area contributed by atoms with Crippen LogP contribution in [0.3, 0.4) is 0 Å². The number of quaternary nitrogens is 1. The third kappa shape index (κ3) is 7.17. The first-order valence-electron chi connectivity index (χ1n) is 9.26. The summed E-state index contributed by atoms with van der Waals surface area (Å²) in [6, 6.07) is 5.58. The van der Waals surface area contributed by atoms with Gasteiger partial charge >= 0.3 is 6.03 Å². The van der Waals surface area contributed by atoms with Crippen molar-refractivity contribution in [2.24, 2.45) is 0 Å². The van der Waals surface area contributed by atoms with Gasteiger partial charge in [0.15, 0.2) is 0 Å². The lowest BCUT2D eigenvalue weighted by Gasteiger charge is -2.27. The van der Waals surface area contributed by atoms with Crippen molar-refractivity contribution in [1.82, 2.24) is 14.8 Å². The molecule has 8 heteroatoms. The van der Waals surface area contributed by atoms with Crippen LogP contribution < -0.4 is 22.0 Å². The van der Waals surface area contributed by atoms with E-state index in [1.807, 2.05) is 35.8 Å². The number of hydrogen-bond donors (Lipinski definition) is 1. The van der Waals surface area contributed by atoms with E-state index >= 15 is 0 Å². The first kappa shape index (κ1) is 22.8. The number of nitrogens with zero attached hydrogens (tertiary/aromatic N) is 3. The Hall–Kier alpha value is -1.24. The van der Waals surface area contributed by atoms with Crippen LogP contribution in [0, 0.1) is 0 Å². The van der Waals surface area contributed by atoms with Gasteiger partial charge in [0.05, 0.1) is 32.8 Å². The summed E-state index contributed by atoms with van der Waals surface area (Å²) in [6.45, 7) is 11.1.